The predicted octanol–water partition coefficient (Wildman–Crippen LogP) is 2.14. The fourth-order valence-corrected chi connectivity index (χ4v) is 4.80. The molecule has 1 aromatic carbocycles. The molecule has 1 N–H and O–H groups in total. The molecule has 0 radical (unpaired) electrons. The highest BCUT2D eigenvalue weighted by atomic mass is 32.2. The topological polar surface area (TPSA) is 60.0 Å². The molecule has 146 valence electrons. The van der Waals surface area contributed by atoms with Gasteiger partial charge in [-0.2, -0.15) is 11.8 Å². The van der Waals surface area contributed by atoms with Crippen molar-refractivity contribution in [2.24, 2.45) is 0 Å². The molecule has 6 nitrogen and oxygen atoms in total. The molecule has 2 saturated heterocycles. The van der Waals surface area contributed by atoms with Crippen molar-refractivity contribution in [3.05, 3.63) is 29.8 Å². The highest BCUT2D eigenvalue weighted by Gasteiger charge is 2.39. The summed E-state index contributed by atoms with van der Waals surface area (Å²) in [5, 5.41) is 3.13. The van der Waals surface area contributed by atoms with E-state index in [4.69, 9.17) is 14.2 Å². The van der Waals surface area contributed by atoms with Crippen molar-refractivity contribution in [3.63, 3.8) is 0 Å². The van der Waals surface area contributed by atoms with Crippen molar-refractivity contribution in [3.8, 4) is 11.5 Å². The van der Waals surface area contributed by atoms with Crippen molar-refractivity contribution in [2.45, 2.75) is 18.4 Å². The van der Waals surface area contributed by atoms with Crippen LogP contribution in [0.15, 0.2) is 24.3 Å². The van der Waals surface area contributed by atoms with Crippen molar-refractivity contribution >= 4 is 23.7 Å². The van der Waals surface area contributed by atoms with Gasteiger partial charge in [0.05, 0.1) is 0 Å². The zero-order valence-corrected chi connectivity index (χ0v) is 16.3. The normalized spacial score (nSPS) is 22.1. The summed E-state index contributed by atoms with van der Waals surface area (Å²) >= 11 is 2.01. The summed E-state index contributed by atoms with van der Waals surface area (Å²) in [5.74, 6) is 3.74. The van der Waals surface area contributed by atoms with Crippen LogP contribution in [0.3, 0.4) is 0 Å². The zero-order chi connectivity index (χ0) is 18.5. The largest absolute Gasteiger partial charge is 0.454 e. The standard InChI is InChI=1S/C20H26N2O4S/c23-19(4-2-16-1-3-17-18(13-16)26-15-25-17)21-14-20(5-9-24-10-6-20)22-7-11-27-12-8-22/h1-4,13H,5-12,14-15H2,(H,21,23). The van der Waals surface area contributed by atoms with E-state index in [0.717, 1.165) is 56.2 Å². The van der Waals surface area contributed by atoms with Crippen LogP contribution in [0.5, 0.6) is 11.5 Å². The number of thioether (sulfide) groups is 1. The Morgan fingerprint density at radius 2 is 1.96 bits per heavy atom. The van der Waals surface area contributed by atoms with Gasteiger partial charge in [0.1, 0.15) is 0 Å². The minimum Gasteiger partial charge on any atom is -0.454 e. The number of carbonyl (C=O) groups is 1. The molecule has 3 aliphatic heterocycles. The van der Waals surface area contributed by atoms with E-state index in [1.54, 1.807) is 6.08 Å². The molecule has 2 fully saturated rings. The van der Waals surface area contributed by atoms with Crippen molar-refractivity contribution in [1.29, 1.82) is 0 Å². The summed E-state index contributed by atoms with van der Waals surface area (Å²) in [6.45, 7) is 4.65. The fourth-order valence-electron chi connectivity index (χ4n) is 3.89. The summed E-state index contributed by atoms with van der Waals surface area (Å²) in [5.41, 5.74) is 0.949. The van der Waals surface area contributed by atoms with Gasteiger partial charge in [0, 0.05) is 56.0 Å². The quantitative estimate of drug-likeness (QED) is 0.778. The fraction of sp³-hybridized carbons (Fsp3) is 0.550. The lowest BCUT2D eigenvalue weighted by molar-refractivity contribution is -0.117. The number of benzene rings is 1. The van der Waals surface area contributed by atoms with E-state index in [0.29, 0.717) is 6.54 Å². The van der Waals surface area contributed by atoms with Crippen molar-refractivity contribution in [2.75, 3.05) is 51.1 Å². The van der Waals surface area contributed by atoms with Crippen LogP contribution < -0.4 is 14.8 Å². The molecule has 0 spiro atoms. The van der Waals surface area contributed by atoms with Gasteiger partial charge in [-0.1, -0.05) is 6.07 Å². The highest BCUT2D eigenvalue weighted by Crippen LogP contribution is 2.33. The Bertz CT molecular complexity index is 697. The van der Waals surface area contributed by atoms with E-state index < -0.39 is 0 Å². The maximum atomic E-state index is 12.4. The molecule has 0 unspecified atom stereocenters. The summed E-state index contributed by atoms with van der Waals surface area (Å²) in [7, 11) is 0. The summed E-state index contributed by atoms with van der Waals surface area (Å²) in [6.07, 6.45) is 5.36. The van der Waals surface area contributed by atoms with Gasteiger partial charge in [-0.05, 0) is 36.6 Å². The molecule has 4 rings (SSSR count). The average Bonchev–Trinajstić information content (AvgIpc) is 3.20. The van der Waals surface area contributed by atoms with E-state index in [2.05, 4.69) is 10.2 Å². The Labute approximate surface area is 164 Å². The molecular formula is C20H26N2O4S. The van der Waals surface area contributed by atoms with E-state index in [1.165, 1.54) is 11.5 Å². The van der Waals surface area contributed by atoms with E-state index >= 15 is 0 Å². The second-order valence-electron chi connectivity index (χ2n) is 7.10. The van der Waals surface area contributed by atoms with E-state index in [9.17, 15) is 4.79 Å². The molecule has 3 heterocycles. The predicted molar refractivity (Wildman–Crippen MR) is 106 cm³/mol. The van der Waals surface area contributed by atoms with Crippen LogP contribution >= 0.6 is 11.8 Å². The maximum Gasteiger partial charge on any atom is 0.244 e. The van der Waals surface area contributed by atoms with Crippen LogP contribution in [0.2, 0.25) is 0 Å². The van der Waals surface area contributed by atoms with Crippen molar-refractivity contribution in [1.82, 2.24) is 10.2 Å². The van der Waals surface area contributed by atoms with E-state index in [-0.39, 0.29) is 18.2 Å². The number of amides is 1. The van der Waals surface area contributed by atoms with Gasteiger partial charge in [0.2, 0.25) is 12.7 Å². The first kappa shape index (κ1) is 18.7. The Morgan fingerprint density at radius 3 is 2.78 bits per heavy atom. The number of rotatable bonds is 5. The molecule has 0 atom stereocenters. The Kier molecular flexibility index (Phi) is 5.90. The second kappa shape index (κ2) is 8.54. The van der Waals surface area contributed by atoms with Gasteiger partial charge in [-0.25, -0.2) is 0 Å². The average molecular weight is 391 g/mol. The van der Waals surface area contributed by atoms with Gasteiger partial charge in [0.15, 0.2) is 11.5 Å². The van der Waals surface area contributed by atoms with Crippen molar-refractivity contribution < 1.29 is 19.0 Å². The van der Waals surface area contributed by atoms with Crippen LogP contribution in [0.25, 0.3) is 6.08 Å². The smallest absolute Gasteiger partial charge is 0.244 e. The van der Waals surface area contributed by atoms with Gasteiger partial charge >= 0.3 is 0 Å². The number of ether oxygens (including phenoxy) is 3. The van der Waals surface area contributed by atoms with E-state index in [1.807, 2.05) is 36.0 Å². The molecular weight excluding hydrogens is 364 g/mol. The SMILES string of the molecule is O=C(C=Cc1ccc2c(c1)OCO2)NCC1(N2CCSCC2)CCOCC1. The molecule has 0 bridgehead atoms. The third kappa shape index (κ3) is 4.42. The summed E-state index contributed by atoms with van der Waals surface area (Å²) in [6, 6.07) is 5.67. The van der Waals surface area contributed by atoms with Gasteiger partial charge in [0.25, 0.3) is 0 Å². The van der Waals surface area contributed by atoms with Crippen LogP contribution in [-0.2, 0) is 9.53 Å². The molecule has 3 aliphatic rings. The van der Waals surface area contributed by atoms with Crippen LogP contribution in [0.4, 0.5) is 0 Å². The van der Waals surface area contributed by atoms with Crippen LogP contribution in [-0.4, -0.2) is 67.5 Å². The monoisotopic (exact) mass is 390 g/mol. The molecule has 0 saturated carbocycles. The van der Waals surface area contributed by atoms with Gasteiger partial charge < -0.3 is 19.5 Å². The van der Waals surface area contributed by atoms with Crippen LogP contribution in [0, 0.1) is 0 Å². The number of nitrogens with one attached hydrogen (secondary N) is 1. The lowest BCUT2D eigenvalue weighted by Crippen LogP contribution is -2.60. The number of hydrogen-bond donors (Lipinski definition) is 1. The lowest BCUT2D eigenvalue weighted by atomic mass is 9.87. The second-order valence-corrected chi connectivity index (χ2v) is 8.32. The molecule has 27 heavy (non-hydrogen) atoms. The summed E-state index contributed by atoms with van der Waals surface area (Å²) in [4.78, 5) is 15.0. The maximum absolute atomic E-state index is 12.4. The number of nitrogens with zero attached hydrogens (tertiary/aromatic N) is 1. The van der Waals surface area contributed by atoms with Gasteiger partial charge in [-0.15, -0.1) is 0 Å². The first-order chi connectivity index (χ1) is 13.3. The highest BCUT2D eigenvalue weighted by molar-refractivity contribution is 7.99. The Hall–Kier alpha value is -1.70. The zero-order valence-electron chi connectivity index (χ0n) is 15.4. The first-order valence-electron chi connectivity index (χ1n) is 9.51. The Balaban J connectivity index is 1.36. The molecule has 1 amide bonds. The summed E-state index contributed by atoms with van der Waals surface area (Å²) < 4.78 is 16.3. The molecule has 1 aromatic rings. The Morgan fingerprint density at radius 1 is 1.19 bits per heavy atom. The van der Waals surface area contributed by atoms with Gasteiger partial charge in [-0.3, -0.25) is 9.69 Å². The number of hydrogen-bond acceptors (Lipinski definition) is 6. The first-order valence-corrected chi connectivity index (χ1v) is 10.7. The molecule has 0 aliphatic carbocycles. The lowest BCUT2D eigenvalue weighted by Gasteiger charge is -2.47. The molecule has 0 aromatic heterocycles. The molecule has 7 heteroatoms. The minimum atomic E-state index is -0.0649. The minimum absolute atomic E-state index is 0.0292. The van der Waals surface area contributed by atoms with Crippen LogP contribution in [0.1, 0.15) is 18.4 Å². The third-order valence-corrected chi connectivity index (χ3v) is 6.46. The number of fused-ring (bicyclic) bond motifs is 1. The third-order valence-electron chi connectivity index (χ3n) is 5.52. The number of carbonyl (C=O) groups excluding carboxylic acids is 1.